The lowest BCUT2D eigenvalue weighted by Gasteiger charge is -2.37. The Kier molecular flexibility index (Phi) is 7.95. The number of nitro groups is 1. The number of carbonyl (C=O) groups excluding carboxylic acids is 1. The molecule has 2 saturated heterocycles. The van der Waals surface area contributed by atoms with E-state index in [1.165, 1.54) is 6.07 Å². The van der Waals surface area contributed by atoms with Crippen molar-refractivity contribution in [2.24, 2.45) is 0 Å². The van der Waals surface area contributed by atoms with Crippen molar-refractivity contribution in [3.8, 4) is 0 Å². The molecule has 2 aliphatic heterocycles. The Labute approximate surface area is 232 Å². The predicted molar refractivity (Wildman–Crippen MR) is 144 cm³/mol. The number of benzene rings is 3. The largest absolute Gasteiger partial charge is 0.368 e. The number of carbonyl (C=O) groups is 1. The Bertz CT molecular complexity index is 1440. The molecule has 0 spiro atoms. The fraction of sp³-hybridized carbons (Fsp3) is 0.321. The highest BCUT2D eigenvalue weighted by molar-refractivity contribution is 6.05. The summed E-state index contributed by atoms with van der Waals surface area (Å²) in [4.78, 5) is 29.0. The molecule has 3 aromatic carbocycles. The molecule has 3 aromatic rings. The Balaban J connectivity index is 1.23. The van der Waals surface area contributed by atoms with Crippen LogP contribution in [0.2, 0.25) is 0 Å². The first-order valence-corrected chi connectivity index (χ1v) is 13.1. The Morgan fingerprint density at radius 1 is 0.707 bits per heavy atom. The van der Waals surface area contributed by atoms with Gasteiger partial charge in [-0.1, -0.05) is 0 Å². The van der Waals surface area contributed by atoms with Gasteiger partial charge in [-0.3, -0.25) is 14.9 Å². The maximum Gasteiger partial charge on any atom is 0.293 e. The lowest BCUT2D eigenvalue weighted by Crippen LogP contribution is -2.47. The number of nitro benzene ring substituents is 1. The van der Waals surface area contributed by atoms with Crippen LogP contribution in [0, 0.1) is 39.2 Å². The monoisotopic (exact) mass is 575 g/mol. The summed E-state index contributed by atoms with van der Waals surface area (Å²) in [5, 5.41) is 14.4. The minimum Gasteiger partial charge on any atom is -0.368 e. The number of piperidine rings is 1. The fourth-order valence-electron chi connectivity index (χ4n) is 5.23. The summed E-state index contributed by atoms with van der Waals surface area (Å²) in [5.41, 5.74) is 0.744. The highest BCUT2D eigenvalue weighted by Gasteiger charge is 2.31. The maximum atomic E-state index is 14.2. The van der Waals surface area contributed by atoms with E-state index in [9.17, 15) is 36.9 Å². The highest BCUT2D eigenvalue weighted by Crippen LogP contribution is 2.33. The summed E-state index contributed by atoms with van der Waals surface area (Å²) in [5.74, 6) is -10.4. The first kappa shape index (κ1) is 28.1. The average molecular weight is 576 g/mol. The minimum atomic E-state index is -2.19. The van der Waals surface area contributed by atoms with Crippen LogP contribution in [0.5, 0.6) is 0 Å². The number of hydrogen-bond acceptors (Lipinski definition) is 6. The predicted octanol–water partition coefficient (Wildman–Crippen LogP) is 5.86. The van der Waals surface area contributed by atoms with Crippen molar-refractivity contribution < 1.29 is 31.7 Å². The van der Waals surface area contributed by atoms with E-state index in [0.29, 0.717) is 11.4 Å². The number of halogens is 5. The van der Waals surface area contributed by atoms with Gasteiger partial charge in [0.15, 0.2) is 23.3 Å². The van der Waals surface area contributed by atoms with Crippen molar-refractivity contribution in [3.05, 3.63) is 87.2 Å². The number of nitrogens with one attached hydrogen (secondary N) is 1. The van der Waals surface area contributed by atoms with Gasteiger partial charge in [-0.2, -0.15) is 0 Å². The van der Waals surface area contributed by atoms with Crippen LogP contribution in [-0.2, 0) is 0 Å². The van der Waals surface area contributed by atoms with Crippen molar-refractivity contribution in [2.75, 3.05) is 59.3 Å². The first-order chi connectivity index (χ1) is 19.7. The van der Waals surface area contributed by atoms with Gasteiger partial charge in [0.05, 0.1) is 4.92 Å². The zero-order valence-electron chi connectivity index (χ0n) is 21.8. The SMILES string of the molecule is O=C(Nc1ccc(N2CCN(c3c(F)c(F)c(F)c(F)c3F)CC2)cc1)c1ccc(N2CCCCC2)c([N+](=O)[O-])c1. The van der Waals surface area contributed by atoms with Crippen LogP contribution in [-0.4, -0.2) is 50.1 Å². The van der Waals surface area contributed by atoms with E-state index < -0.39 is 45.6 Å². The van der Waals surface area contributed by atoms with Gasteiger partial charge in [-0.15, -0.1) is 0 Å². The second-order valence-electron chi connectivity index (χ2n) is 9.90. The number of anilines is 4. The van der Waals surface area contributed by atoms with Gasteiger partial charge in [0, 0.05) is 62.3 Å². The van der Waals surface area contributed by atoms with Crippen LogP contribution in [0.3, 0.4) is 0 Å². The Morgan fingerprint density at radius 3 is 1.85 bits per heavy atom. The zero-order valence-corrected chi connectivity index (χ0v) is 21.8. The molecule has 1 amide bonds. The van der Waals surface area contributed by atoms with Crippen LogP contribution >= 0.6 is 0 Å². The molecular weight excluding hydrogens is 549 g/mol. The van der Waals surface area contributed by atoms with Crippen LogP contribution in [0.25, 0.3) is 0 Å². The van der Waals surface area contributed by atoms with Gasteiger partial charge in [0.25, 0.3) is 11.6 Å². The molecule has 41 heavy (non-hydrogen) atoms. The van der Waals surface area contributed by atoms with E-state index in [4.69, 9.17) is 0 Å². The van der Waals surface area contributed by atoms with Gasteiger partial charge in [0.1, 0.15) is 11.4 Å². The van der Waals surface area contributed by atoms with Gasteiger partial charge in [0.2, 0.25) is 5.82 Å². The van der Waals surface area contributed by atoms with Gasteiger partial charge >= 0.3 is 0 Å². The van der Waals surface area contributed by atoms with E-state index in [1.807, 2.05) is 9.80 Å². The van der Waals surface area contributed by atoms with E-state index in [2.05, 4.69) is 5.32 Å². The second kappa shape index (κ2) is 11.6. The molecule has 0 aliphatic carbocycles. The third-order valence-corrected chi connectivity index (χ3v) is 7.40. The number of amides is 1. The minimum absolute atomic E-state index is 0.0169. The lowest BCUT2D eigenvalue weighted by atomic mass is 10.1. The van der Waals surface area contributed by atoms with Crippen molar-refractivity contribution in [1.29, 1.82) is 0 Å². The summed E-state index contributed by atoms with van der Waals surface area (Å²) < 4.78 is 69.0. The molecule has 13 heteroatoms. The molecule has 2 heterocycles. The summed E-state index contributed by atoms with van der Waals surface area (Å²) in [6, 6.07) is 11.1. The molecule has 2 aliphatic rings. The Hall–Kier alpha value is -4.42. The molecule has 0 aromatic heterocycles. The average Bonchev–Trinajstić information content (AvgIpc) is 3.00. The molecular formula is C28H26F5N5O3. The normalized spacial score (nSPS) is 15.7. The standard InChI is InChI=1S/C28H26F5N5O3/c29-22-23(30)25(32)27(26(33)24(22)31)37-14-12-35(13-15-37)19-7-5-18(6-8-19)34-28(39)17-4-9-20(21(16-17)38(40)41)36-10-2-1-3-11-36/h4-9,16H,1-3,10-15H2,(H,34,39). The fourth-order valence-corrected chi connectivity index (χ4v) is 5.23. The van der Waals surface area contributed by atoms with Gasteiger partial charge < -0.3 is 20.0 Å². The zero-order chi connectivity index (χ0) is 29.3. The van der Waals surface area contributed by atoms with E-state index in [0.717, 1.165) is 42.9 Å². The lowest BCUT2D eigenvalue weighted by molar-refractivity contribution is -0.384. The third-order valence-electron chi connectivity index (χ3n) is 7.40. The molecule has 0 atom stereocenters. The van der Waals surface area contributed by atoms with Crippen molar-refractivity contribution in [2.45, 2.75) is 19.3 Å². The highest BCUT2D eigenvalue weighted by atomic mass is 19.2. The van der Waals surface area contributed by atoms with Crippen molar-refractivity contribution >= 4 is 34.3 Å². The Morgan fingerprint density at radius 2 is 1.27 bits per heavy atom. The summed E-state index contributed by atoms with van der Waals surface area (Å²) in [6.07, 6.45) is 2.99. The molecule has 8 nitrogen and oxygen atoms in total. The molecule has 5 rings (SSSR count). The number of nitrogens with zero attached hydrogens (tertiary/aromatic N) is 4. The van der Waals surface area contributed by atoms with Crippen molar-refractivity contribution in [3.63, 3.8) is 0 Å². The quantitative estimate of drug-likeness (QED) is 0.130. The number of hydrogen-bond donors (Lipinski definition) is 1. The van der Waals surface area contributed by atoms with Crippen molar-refractivity contribution in [1.82, 2.24) is 0 Å². The van der Waals surface area contributed by atoms with E-state index in [1.54, 1.807) is 36.4 Å². The van der Waals surface area contributed by atoms with E-state index >= 15 is 0 Å². The molecule has 0 unspecified atom stereocenters. The molecule has 0 saturated carbocycles. The first-order valence-electron chi connectivity index (χ1n) is 13.1. The summed E-state index contributed by atoms with van der Waals surface area (Å²) in [7, 11) is 0. The summed E-state index contributed by atoms with van der Waals surface area (Å²) >= 11 is 0. The number of rotatable bonds is 6. The molecule has 0 radical (unpaired) electrons. The van der Waals surface area contributed by atoms with Crippen LogP contribution < -0.4 is 20.0 Å². The smallest absolute Gasteiger partial charge is 0.293 e. The molecule has 216 valence electrons. The molecule has 0 bridgehead atoms. The van der Waals surface area contributed by atoms with Crippen LogP contribution in [0.15, 0.2) is 42.5 Å². The van der Waals surface area contributed by atoms with Gasteiger partial charge in [-0.05, 0) is 55.7 Å². The van der Waals surface area contributed by atoms with Gasteiger partial charge in [-0.25, -0.2) is 22.0 Å². The van der Waals surface area contributed by atoms with E-state index in [-0.39, 0.29) is 37.4 Å². The van der Waals surface area contributed by atoms with Crippen LogP contribution in [0.4, 0.5) is 50.4 Å². The molecule has 2 fully saturated rings. The maximum absolute atomic E-state index is 14.2. The number of piperazine rings is 1. The topological polar surface area (TPSA) is 82.0 Å². The second-order valence-corrected chi connectivity index (χ2v) is 9.90. The molecule has 1 N–H and O–H groups in total. The van der Waals surface area contributed by atoms with Crippen LogP contribution in [0.1, 0.15) is 29.6 Å². The third kappa shape index (κ3) is 5.61. The summed E-state index contributed by atoms with van der Waals surface area (Å²) in [6.45, 7) is 1.98.